The highest BCUT2D eigenvalue weighted by Crippen LogP contribution is 2.44. The first-order valence-corrected chi connectivity index (χ1v) is 9.89. The highest BCUT2D eigenvalue weighted by Gasteiger charge is 2.24. The lowest BCUT2D eigenvalue weighted by Crippen LogP contribution is -2.03. The van der Waals surface area contributed by atoms with Crippen LogP contribution in [0.25, 0.3) is 27.8 Å². The van der Waals surface area contributed by atoms with Crippen molar-refractivity contribution in [1.29, 1.82) is 5.26 Å². The van der Waals surface area contributed by atoms with Crippen LogP contribution >= 0.6 is 0 Å². The maximum Gasteiger partial charge on any atom is 0.203 e. The molecule has 0 atom stereocenters. The van der Waals surface area contributed by atoms with Gasteiger partial charge in [0.15, 0.2) is 17.1 Å². The van der Waals surface area contributed by atoms with Crippen LogP contribution in [0.3, 0.4) is 0 Å². The molecule has 32 heavy (non-hydrogen) atoms. The first kappa shape index (κ1) is 21.0. The lowest BCUT2D eigenvalue weighted by Gasteiger charge is -2.16. The predicted octanol–water partition coefficient (Wildman–Crippen LogP) is 4.18. The van der Waals surface area contributed by atoms with E-state index in [0.717, 1.165) is 16.6 Å². The van der Waals surface area contributed by atoms with Gasteiger partial charge in [-0.3, -0.25) is 0 Å². The van der Waals surface area contributed by atoms with Crippen molar-refractivity contribution < 1.29 is 14.2 Å². The molecule has 0 amide bonds. The van der Waals surface area contributed by atoms with E-state index in [9.17, 15) is 5.26 Å². The Morgan fingerprint density at radius 1 is 0.969 bits per heavy atom. The molecule has 0 bridgehead atoms. The lowest BCUT2D eigenvalue weighted by atomic mass is 9.96. The third-order valence-corrected chi connectivity index (χ3v) is 5.36. The van der Waals surface area contributed by atoms with Crippen LogP contribution in [0.1, 0.15) is 16.8 Å². The van der Waals surface area contributed by atoms with Crippen LogP contribution in [0.4, 0.5) is 5.82 Å². The number of methoxy groups -OCH3 is 3. The van der Waals surface area contributed by atoms with E-state index in [1.165, 1.54) is 0 Å². The van der Waals surface area contributed by atoms with Crippen molar-refractivity contribution >= 4 is 16.9 Å². The Labute approximate surface area is 185 Å². The molecule has 0 aliphatic carbocycles. The minimum absolute atomic E-state index is 0.122. The van der Waals surface area contributed by atoms with E-state index < -0.39 is 0 Å². The highest BCUT2D eigenvalue weighted by molar-refractivity contribution is 6.01. The van der Waals surface area contributed by atoms with Crippen LogP contribution in [-0.2, 0) is 0 Å². The molecule has 2 aromatic heterocycles. The number of hydrogen-bond donors (Lipinski definition) is 1. The summed E-state index contributed by atoms with van der Waals surface area (Å²) in [6.45, 7) is 3.90. The van der Waals surface area contributed by atoms with Crippen molar-refractivity contribution in [3.63, 3.8) is 0 Å². The number of nitrogens with two attached hydrogens (primary N) is 1. The van der Waals surface area contributed by atoms with Gasteiger partial charge in [0.1, 0.15) is 17.5 Å². The van der Waals surface area contributed by atoms with Crippen LogP contribution in [-0.4, -0.2) is 36.1 Å². The van der Waals surface area contributed by atoms with Crippen LogP contribution < -0.4 is 19.9 Å². The van der Waals surface area contributed by atoms with E-state index in [4.69, 9.17) is 25.0 Å². The first-order valence-electron chi connectivity index (χ1n) is 9.89. The van der Waals surface area contributed by atoms with Gasteiger partial charge in [0.2, 0.25) is 5.75 Å². The third-order valence-electron chi connectivity index (χ3n) is 5.36. The summed E-state index contributed by atoms with van der Waals surface area (Å²) in [5.74, 6) is 1.52. The summed E-state index contributed by atoms with van der Waals surface area (Å²) < 4.78 is 18.2. The Bertz CT molecular complexity index is 1340. The molecule has 4 rings (SSSR count). The Morgan fingerprint density at radius 3 is 2.12 bits per heavy atom. The van der Waals surface area contributed by atoms with Gasteiger partial charge in [-0.2, -0.15) is 10.4 Å². The second-order valence-electron chi connectivity index (χ2n) is 7.30. The molecule has 0 saturated heterocycles. The van der Waals surface area contributed by atoms with Gasteiger partial charge < -0.3 is 19.9 Å². The van der Waals surface area contributed by atoms with Gasteiger partial charge in [-0.25, -0.2) is 9.67 Å². The number of rotatable bonds is 5. The molecule has 0 saturated carbocycles. The number of hydrogen-bond acceptors (Lipinski definition) is 7. The normalized spacial score (nSPS) is 10.8. The minimum Gasteiger partial charge on any atom is -0.493 e. The quantitative estimate of drug-likeness (QED) is 0.507. The maximum absolute atomic E-state index is 9.93. The number of fused-ring (bicyclic) bond motifs is 1. The van der Waals surface area contributed by atoms with Crippen LogP contribution in [0, 0.1) is 25.2 Å². The number of benzene rings is 2. The number of nitrogens with zero attached hydrogens (tertiary/aromatic N) is 4. The van der Waals surface area contributed by atoms with Gasteiger partial charge in [0.05, 0.1) is 38.1 Å². The van der Waals surface area contributed by atoms with Crippen LogP contribution in [0.5, 0.6) is 17.2 Å². The van der Waals surface area contributed by atoms with Crippen molar-refractivity contribution in [3.8, 4) is 40.1 Å². The molecule has 2 aromatic carbocycles. The molecule has 2 heterocycles. The monoisotopic (exact) mass is 429 g/mol. The van der Waals surface area contributed by atoms with Crippen LogP contribution in [0.2, 0.25) is 0 Å². The standard InChI is InChI=1S/C24H23N5O3/c1-13-6-8-16(9-7-13)29-24-20(14(2)28-29)21(17(12-25)23(26)27-24)15-10-18(30-3)22(32-5)19(11-15)31-4/h6-11H,1-5H3,(H2,26,27). The highest BCUT2D eigenvalue weighted by atomic mass is 16.5. The molecule has 162 valence electrons. The van der Waals surface area contributed by atoms with Gasteiger partial charge in [-0.1, -0.05) is 17.7 Å². The average molecular weight is 429 g/mol. The Kier molecular flexibility index (Phi) is 5.33. The van der Waals surface area contributed by atoms with Crippen molar-refractivity contribution in [2.24, 2.45) is 0 Å². The van der Waals surface area contributed by atoms with E-state index >= 15 is 0 Å². The van der Waals surface area contributed by atoms with Gasteiger partial charge in [0.25, 0.3) is 0 Å². The van der Waals surface area contributed by atoms with E-state index in [-0.39, 0.29) is 11.4 Å². The van der Waals surface area contributed by atoms with Gasteiger partial charge in [-0.15, -0.1) is 0 Å². The third kappa shape index (κ3) is 3.24. The number of pyridine rings is 1. The number of ether oxygens (including phenoxy) is 3. The maximum atomic E-state index is 9.93. The van der Waals surface area contributed by atoms with Crippen molar-refractivity contribution in [1.82, 2.24) is 14.8 Å². The van der Waals surface area contributed by atoms with E-state index in [2.05, 4.69) is 11.1 Å². The number of aryl methyl sites for hydroxylation is 2. The Balaban J connectivity index is 2.10. The summed E-state index contributed by atoms with van der Waals surface area (Å²) in [5.41, 5.74) is 11.1. The summed E-state index contributed by atoms with van der Waals surface area (Å²) >= 11 is 0. The summed E-state index contributed by atoms with van der Waals surface area (Å²) in [7, 11) is 4.63. The van der Waals surface area contributed by atoms with E-state index in [0.29, 0.717) is 39.7 Å². The second-order valence-corrected chi connectivity index (χ2v) is 7.30. The molecule has 8 heteroatoms. The Hall–Kier alpha value is -4.25. The van der Waals surface area contributed by atoms with Crippen molar-refractivity contribution in [2.75, 3.05) is 27.1 Å². The summed E-state index contributed by atoms with van der Waals surface area (Å²) in [6.07, 6.45) is 0. The lowest BCUT2D eigenvalue weighted by molar-refractivity contribution is 0.324. The molecule has 2 N–H and O–H groups in total. The molecular formula is C24H23N5O3. The molecule has 0 aliphatic heterocycles. The fraction of sp³-hybridized carbons (Fsp3) is 0.208. The zero-order valence-electron chi connectivity index (χ0n) is 18.6. The molecular weight excluding hydrogens is 406 g/mol. The molecule has 0 aliphatic rings. The zero-order chi connectivity index (χ0) is 23.0. The summed E-state index contributed by atoms with van der Waals surface area (Å²) in [6, 6.07) is 13.7. The number of anilines is 1. The molecule has 0 unspecified atom stereocenters. The average Bonchev–Trinajstić information content (AvgIpc) is 3.13. The topological polar surface area (TPSA) is 108 Å². The van der Waals surface area contributed by atoms with Gasteiger partial charge >= 0.3 is 0 Å². The number of nitrogen functional groups attached to an aromatic ring is 1. The SMILES string of the molecule is COc1cc(-c2c(C#N)c(N)nc3c2c(C)nn3-c2ccc(C)cc2)cc(OC)c1OC. The summed E-state index contributed by atoms with van der Waals surface area (Å²) in [5, 5.41) is 15.4. The largest absolute Gasteiger partial charge is 0.493 e. The fourth-order valence-electron chi connectivity index (χ4n) is 3.83. The number of aromatic nitrogens is 3. The minimum atomic E-state index is 0.122. The summed E-state index contributed by atoms with van der Waals surface area (Å²) in [4.78, 5) is 4.54. The number of nitriles is 1. The molecule has 0 fully saturated rings. The molecule has 0 radical (unpaired) electrons. The van der Waals surface area contributed by atoms with Gasteiger partial charge in [0, 0.05) is 5.56 Å². The smallest absolute Gasteiger partial charge is 0.203 e. The molecule has 8 nitrogen and oxygen atoms in total. The van der Waals surface area contributed by atoms with Crippen molar-refractivity contribution in [3.05, 3.63) is 53.2 Å². The zero-order valence-corrected chi connectivity index (χ0v) is 18.6. The van der Waals surface area contributed by atoms with Crippen LogP contribution in [0.15, 0.2) is 36.4 Å². The van der Waals surface area contributed by atoms with Gasteiger partial charge in [-0.05, 0) is 43.7 Å². The van der Waals surface area contributed by atoms with E-state index in [1.807, 2.05) is 38.1 Å². The Morgan fingerprint density at radius 2 is 1.59 bits per heavy atom. The predicted molar refractivity (Wildman–Crippen MR) is 123 cm³/mol. The van der Waals surface area contributed by atoms with Crippen molar-refractivity contribution in [2.45, 2.75) is 13.8 Å². The fourth-order valence-corrected chi connectivity index (χ4v) is 3.83. The molecule has 4 aromatic rings. The van der Waals surface area contributed by atoms with E-state index in [1.54, 1.807) is 38.1 Å². The first-order chi connectivity index (χ1) is 15.4. The second kappa shape index (κ2) is 8.12. The molecule has 0 spiro atoms.